The highest BCUT2D eigenvalue weighted by atomic mass is 32.1. The standard InChI is InChI=1S/C11H16N2OS/c1-9(5-11-6-12-8-15-11)4-10-7-14-3-2-13-10/h5-6,8,10,13H,2-4,7H2,1H3. The Morgan fingerprint density at radius 2 is 2.73 bits per heavy atom. The van der Waals surface area contributed by atoms with Crippen LogP contribution in [-0.2, 0) is 4.74 Å². The number of aromatic nitrogens is 1. The van der Waals surface area contributed by atoms with Crippen LogP contribution < -0.4 is 5.32 Å². The van der Waals surface area contributed by atoms with Gasteiger partial charge in [0.05, 0.1) is 18.7 Å². The van der Waals surface area contributed by atoms with Crippen molar-refractivity contribution in [2.45, 2.75) is 19.4 Å². The molecule has 0 spiro atoms. The van der Waals surface area contributed by atoms with Gasteiger partial charge >= 0.3 is 0 Å². The van der Waals surface area contributed by atoms with Crippen LogP contribution in [0, 0.1) is 0 Å². The number of morpholine rings is 1. The number of nitrogens with one attached hydrogen (secondary N) is 1. The van der Waals surface area contributed by atoms with Crippen molar-refractivity contribution in [3.05, 3.63) is 22.2 Å². The fraction of sp³-hybridized carbons (Fsp3) is 0.545. The number of ether oxygens (including phenoxy) is 1. The van der Waals surface area contributed by atoms with Crippen LogP contribution in [0.1, 0.15) is 18.2 Å². The number of hydrogen-bond acceptors (Lipinski definition) is 4. The van der Waals surface area contributed by atoms with Crippen molar-refractivity contribution in [2.75, 3.05) is 19.8 Å². The minimum absolute atomic E-state index is 0.475. The van der Waals surface area contributed by atoms with Crippen molar-refractivity contribution in [2.24, 2.45) is 0 Å². The van der Waals surface area contributed by atoms with Gasteiger partial charge in [0.2, 0.25) is 0 Å². The molecule has 4 heteroatoms. The Labute approximate surface area is 94.2 Å². The largest absolute Gasteiger partial charge is 0.379 e. The normalized spacial score (nSPS) is 23.0. The number of hydrogen-bond donors (Lipinski definition) is 1. The maximum atomic E-state index is 5.42. The summed E-state index contributed by atoms with van der Waals surface area (Å²) in [6.07, 6.45) is 5.16. The van der Waals surface area contributed by atoms with Crippen LogP contribution in [0.25, 0.3) is 6.08 Å². The second kappa shape index (κ2) is 5.39. The van der Waals surface area contributed by atoms with Crippen molar-refractivity contribution in [1.82, 2.24) is 10.3 Å². The predicted molar refractivity (Wildman–Crippen MR) is 63.0 cm³/mol. The average Bonchev–Trinajstić information content (AvgIpc) is 2.71. The molecule has 1 aliphatic rings. The van der Waals surface area contributed by atoms with E-state index in [9.17, 15) is 0 Å². The molecule has 0 radical (unpaired) electrons. The van der Waals surface area contributed by atoms with E-state index in [2.05, 4.69) is 23.3 Å². The molecule has 1 aromatic heterocycles. The van der Waals surface area contributed by atoms with Gasteiger partial charge in [0.15, 0.2) is 0 Å². The summed E-state index contributed by atoms with van der Waals surface area (Å²) in [6.45, 7) is 4.80. The van der Waals surface area contributed by atoms with Crippen LogP contribution in [-0.4, -0.2) is 30.8 Å². The Bertz CT molecular complexity index is 315. The number of nitrogens with zero attached hydrogens (tertiary/aromatic N) is 1. The molecule has 1 saturated heterocycles. The molecule has 1 aliphatic heterocycles. The minimum Gasteiger partial charge on any atom is -0.379 e. The average molecular weight is 224 g/mol. The van der Waals surface area contributed by atoms with Gasteiger partial charge in [0.25, 0.3) is 0 Å². The summed E-state index contributed by atoms with van der Waals surface area (Å²) in [5.74, 6) is 0. The topological polar surface area (TPSA) is 34.1 Å². The molecule has 1 unspecified atom stereocenters. The van der Waals surface area contributed by atoms with Gasteiger partial charge in [-0.05, 0) is 19.4 Å². The smallest absolute Gasteiger partial charge is 0.0797 e. The zero-order valence-electron chi connectivity index (χ0n) is 8.90. The van der Waals surface area contributed by atoms with Gasteiger partial charge in [-0.3, -0.25) is 4.98 Å². The first-order valence-corrected chi connectivity index (χ1v) is 6.09. The first-order valence-electron chi connectivity index (χ1n) is 5.21. The predicted octanol–water partition coefficient (Wildman–Crippen LogP) is 1.92. The first kappa shape index (κ1) is 10.8. The van der Waals surface area contributed by atoms with E-state index in [1.807, 2.05) is 11.7 Å². The summed E-state index contributed by atoms with van der Waals surface area (Å²) in [7, 11) is 0. The molecule has 2 rings (SSSR count). The maximum Gasteiger partial charge on any atom is 0.0797 e. The lowest BCUT2D eigenvalue weighted by molar-refractivity contribution is 0.0771. The highest BCUT2D eigenvalue weighted by Crippen LogP contribution is 2.15. The lowest BCUT2D eigenvalue weighted by atomic mass is 10.1. The molecule has 0 aromatic carbocycles. The van der Waals surface area contributed by atoms with Crippen LogP contribution in [0.5, 0.6) is 0 Å². The molecule has 1 aromatic rings. The van der Waals surface area contributed by atoms with Gasteiger partial charge < -0.3 is 10.1 Å². The summed E-state index contributed by atoms with van der Waals surface area (Å²) in [6, 6.07) is 0.475. The van der Waals surface area contributed by atoms with Gasteiger partial charge in [0, 0.05) is 23.7 Å². The Kier molecular flexibility index (Phi) is 3.88. The molecule has 3 nitrogen and oxygen atoms in total. The SMILES string of the molecule is CC(=Cc1cncs1)CC1COCCN1. The third-order valence-electron chi connectivity index (χ3n) is 2.41. The van der Waals surface area contributed by atoms with Crippen LogP contribution in [0.3, 0.4) is 0 Å². The van der Waals surface area contributed by atoms with E-state index in [4.69, 9.17) is 4.74 Å². The van der Waals surface area contributed by atoms with E-state index in [0.29, 0.717) is 6.04 Å². The number of rotatable bonds is 3. The number of thiazole rings is 1. The van der Waals surface area contributed by atoms with Crippen molar-refractivity contribution in [3.63, 3.8) is 0 Å². The summed E-state index contributed by atoms with van der Waals surface area (Å²) in [4.78, 5) is 5.28. The fourth-order valence-electron chi connectivity index (χ4n) is 1.74. The summed E-state index contributed by atoms with van der Waals surface area (Å²) in [5.41, 5.74) is 3.24. The first-order chi connectivity index (χ1) is 7.34. The van der Waals surface area contributed by atoms with Gasteiger partial charge in [-0.1, -0.05) is 5.57 Å². The summed E-state index contributed by atoms with van der Waals surface area (Å²) >= 11 is 1.67. The van der Waals surface area contributed by atoms with E-state index in [0.717, 1.165) is 26.2 Å². The highest BCUT2D eigenvalue weighted by Gasteiger charge is 2.12. The molecule has 0 bridgehead atoms. The van der Waals surface area contributed by atoms with Crippen molar-refractivity contribution >= 4 is 17.4 Å². The molecule has 1 atom stereocenters. The summed E-state index contributed by atoms with van der Waals surface area (Å²) in [5, 5.41) is 3.45. The van der Waals surface area contributed by atoms with E-state index in [-0.39, 0.29) is 0 Å². The van der Waals surface area contributed by atoms with Gasteiger partial charge in [-0.25, -0.2) is 0 Å². The highest BCUT2D eigenvalue weighted by molar-refractivity contribution is 7.10. The third-order valence-corrected chi connectivity index (χ3v) is 3.13. The lowest BCUT2D eigenvalue weighted by Gasteiger charge is -2.23. The van der Waals surface area contributed by atoms with Gasteiger partial charge in [0.1, 0.15) is 0 Å². The monoisotopic (exact) mass is 224 g/mol. The van der Waals surface area contributed by atoms with Crippen LogP contribution >= 0.6 is 11.3 Å². The molecular formula is C11H16N2OS. The second-order valence-corrected chi connectivity index (χ2v) is 4.74. The van der Waals surface area contributed by atoms with Crippen molar-refractivity contribution < 1.29 is 4.74 Å². The lowest BCUT2D eigenvalue weighted by Crippen LogP contribution is -2.41. The zero-order valence-corrected chi connectivity index (χ0v) is 9.72. The molecule has 0 amide bonds. The second-order valence-electron chi connectivity index (χ2n) is 3.82. The third kappa shape index (κ3) is 3.41. The molecule has 0 saturated carbocycles. The van der Waals surface area contributed by atoms with Crippen molar-refractivity contribution in [1.29, 1.82) is 0 Å². The van der Waals surface area contributed by atoms with Gasteiger partial charge in [-0.2, -0.15) is 0 Å². The van der Waals surface area contributed by atoms with Crippen LogP contribution in [0.2, 0.25) is 0 Å². The van der Waals surface area contributed by atoms with E-state index < -0.39 is 0 Å². The van der Waals surface area contributed by atoms with E-state index in [1.54, 1.807) is 11.3 Å². The molecule has 2 heterocycles. The van der Waals surface area contributed by atoms with Crippen LogP contribution in [0.4, 0.5) is 0 Å². The quantitative estimate of drug-likeness (QED) is 0.852. The van der Waals surface area contributed by atoms with E-state index in [1.165, 1.54) is 10.5 Å². The molecule has 15 heavy (non-hydrogen) atoms. The van der Waals surface area contributed by atoms with Crippen LogP contribution in [0.15, 0.2) is 17.3 Å². The van der Waals surface area contributed by atoms with Gasteiger partial charge in [-0.15, -0.1) is 11.3 Å². The van der Waals surface area contributed by atoms with Crippen molar-refractivity contribution in [3.8, 4) is 0 Å². The Balaban J connectivity index is 1.88. The minimum atomic E-state index is 0.475. The van der Waals surface area contributed by atoms with E-state index >= 15 is 0 Å². The molecule has 82 valence electrons. The fourth-order valence-corrected chi connectivity index (χ4v) is 2.37. The zero-order chi connectivity index (χ0) is 10.5. The summed E-state index contributed by atoms with van der Waals surface area (Å²) < 4.78 is 5.42. The molecular weight excluding hydrogens is 208 g/mol. The molecule has 1 fully saturated rings. The molecule has 0 aliphatic carbocycles. The Hall–Kier alpha value is -0.710. The maximum absolute atomic E-state index is 5.42. The Morgan fingerprint density at radius 1 is 1.80 bits per heavy atom. The molecule has 1 N–H and O–H groups in total. The Morgan fingerprint density at radius 3 is 3.40 bits per heavy atom.